The van der Waals surface area contributed by atoms with E-state index in [1.54, 1.807) is 6.08 Å². The molecule has 0 bridgehead atoms. The van der Waals surface area contributed by atoms with Gasteiger partial charge in [0.15, 0.2) is 0 Å². The molecule has 12 heavy (non-hydrogen) atoms. The summed E-state index contributed by atoms with van der Waals surface area (Å²) < 4.78 is 0. The predicted octanol–water partition coefficient (Wildman–Crippen LogP) is 4.81. The maximum Gasteiger partial charge on any atom is -0.0417 e. The fourth-order valence-corrected chi connectivity index (χ4v) is 1.42. The molecule has 0 radical (unpaired) electrons. The van der Waals surface area contributed by atoms with E-state index < -0.39 is 0 Å². The number of hydrogen-bond acceptors (Lipinski definition) is 0. The van der Waals surface area contributed by atoms with E-state index in [2.05, 4.69) is 13.5 Å². The Hall–Kier alpha value is -0.260. The Morgan fingerprint density at radius 1 is 1.25 bits per heavy atom. The Balaban J connectivity index is 0. The second kappa shape index (κ2) is 13.3. The van der Waals surface area contributed by atoms with Crippen molar-refractivity contribution in [2.24, 2.45) is 5.92 Å². The Morgan fingerprint density at radius 2 is 1.58 bits per heavy atom. The summed E-state index contributed by atoms with van der Waals surface area (Å²) in [5.74, 6) is 1.10. The van der Waals surface area contributed by atoms with E-state index in [4.69, 9.17) is 0 Å². The fourth-order valence-electron chi connectivity index (χ4n) is 1.42. The summed E-state index contributed by atoms with van der Waals surface area (Å²) in [6.07, 6.45) is 9.18. The van der Waals surface area contributed by atoms with Gasteiger partial charge in [-0.3, -0.25) is 0 Å². The van der Waals surface area contributed by atoms with Gasteiger partial charge in [-0.15, -0.1) is 6.58 Å². The molecule has 0 saturated heterocycles. The Labute approximate surface area is 79.1 Å². The zero-order valence-corrected chi connectivity index (χ0v) is 9.40. The normalized spacial score (nSPS) is 15.3. The van der Waals surface area contributed by atoms with Crippen LogP contribution in [-0.4, -0.2) is 0 Å². The van der Waals surface area contributed by atoms with Crippen LogP contribution in [0.1, 0.15) is 59.8 Å². The van der Waals surface area contributed by atoms with Gasteiger partial charge in [0.25, 0.3) is 0 Å². The van der Waals surface area contributed by atoms with Crippen molar-refractivity contribution in [3.8, 4) is 0 Å². The molecule has 1 saturated carbocycles. The number of rotatable bonds is 1. The summed E-state index contributed by atoms with van der Waals surface area (Å²) in [7, 11) is 0. The molecule has 1 rings (SSSR count). The molecule has 0 aromatic heterocycles. The molecule has 1 aliphatic carbocycles. The van der Waals surface area contributed by atoms with E-state index in [-0.39, 0.29) is 0 Å². The van der Waals surface area contributed by atoms with E-state index in [1.165, 1.54) is 32.1 Å². The third-order valence-electron chi connectivity index (χ3n) is 2.05. The van der Waals surface area contributed by atoms with Crippen LogP contribution in [0.4, 0.5) is 0 Å². The molecular weight excluding hydrogens is 144 g/mol. The highest BCUT2D eigenvalue weighted by Gasteiger charge is 2.11. The Bertz CT molecular complexity index is 68.1. The van der Waals surface area contributed by atoms with Gasteiger partial charge < -0.3 is 0 Å². The van der Waals surface area contributed by atoms with Crippen LogP contribution in [0.3, 0.4) is 0 Å². The molecule has 0 aliphatic heterocycles. The van der Waals surface area contributed by atoms with Crippen LogP contribution in [0.25, 0.3) is 0 Å². The lowest BCUT2D eigenvalue weighted by atomic mass is 10.1. The van der Waals surface area contributed by atoms with Crippen molar-refractivity contribution in [1.82, 2.24) is 0 Å². The average molecular weight is 170 g/mol. The molecule has 0 nitrogen and oxygen atoms in total. The summed E-state index contributed by atoms with van der Waals surface area (Å²) >= 11 is 0. The lowest BCUT2D eigenvalue weighted by molar-refractivity contribution is 0.531. The lowest BCUT2D eigenvalue weighted by Gasteiger charge is -1.99. The molecule has 0 N–H and O–H groups in total. The van der Waals surface area contributed by atoms with Gasteiger partial charge in [0.2, 0.25) is 0 Å². The monoisotopic (exact) mass is 170 g/mol. The van der Waals surface area contributed by atoms with Crippen molar-refractivity contribution < 1.29 is 0 Å². The summed E-state index contributed by atoms with van der Waals surface area (Å²) in [6, 6.07) is 0. The van der Waals surface area contributed by atoms with Gasteiger partial charge in [0.05, 0.1) is 0 Å². The van der Waals surface area contributed by atoms with E-state index in [1.807, 2.05) is 20.8 Å². The van der Waals surface area contributed by atoms with Crippen molar-refractivity contribution in [2.75, 3.05) is 0 Å². The van der Waals surface area contributed by atoms with Gasteiger partial charge in [0.1, 0.15) is 0 Å². The van der Waals surface area contributed by atoms with Crippen molar-refractivity contribution in [3.05, 3.63) is 12.7 Å². The van der Waals surface area contributed by atoms with Crippen molar-refractivity contribution >= 4 is 0 Å². The van der Waals surface area contributed by atoms with Gasteiger partial charge in [0, 0.05) is 0 Å². The first-order valence-corrected chi connectivity index (χ1v) is 5.42. The topological polar surface area (TPSA) is 0 Å². The van der Waals surface area contributed by atoms with Gasteiger partial charge in [-0.1, -0.05) is 59.0 Å². The van der Waals surface area contributed by atoms with Crippen LogP contribution in [0.2, 0.25) is 0 Å². The van der Waals surface area contributed by atoms with E-state index in [0.717, 1.165) is 5.92 Å². The van der Waals surface area contributed by atoms with E-state index in [0.29, 0.717) is 0 Å². The highest BCUT2D eigenvalue weighted by molar-refractivity contribution is 4.64. The molecule has 0 aromatic carbocycles. The maximum absolute atomic E-state index is 3.36. The van der Waals surface area contributed by atoms with Crippen LogP contribution >= 0.6 is 0 Å². The maximum atomic E-state index is 3.36. The summed E-state index contributed by atoms with van der Waals surface area (Å²) in [4.78, 5) is 0. The second-order valence-electron chi connectivity index (χ2n) is 2.97. The van der Waals surface area contributed by atoms with Crippen LogP contribution in [0.15, 0.2) is 12.7 Å². The third kappa shape index (κ3) is 9.74. The first-order chi connectivity index (χ1) is 5.85. The zero-order valence-electron chi connectivity index (χ0n) is 9.40. The summed E-state index contributed by atoms with van der Waals surface area (Å²) in [5.41, 5.74) is 0. The van der Waals surface area contributed by atoms with Crippen LogP contribution < -0.4 is 0 Å². The standard InChI is InChI=1S/C7H14.C3H6.C2H6/c1-2-7-5-3-4-6-7;1-3-2;1-2/h7H,2-6H2,1H3;3H,1H2,2H3;1-2H3. The van der Waals surface area contributed by atoms with Gasteiger partial charge in [-0.25, -0.2) is 0 Å². The van der Waals surface area contributed by atoms with Crippen molar-refractivity contribution in [2.45, 2.75) is 59.8 Å². The van der Waals surface area contributed by atoms with Crippen LogP contribution in [-0.2, 0) is 0 Å². The molecule has 0 heterocycles. The Kier molecular flexibility index (Phi) is 15.9. The summed E-state index contributed by atoms with van der Waals surface area (Å²) in [5, 5.41) is 0. The summed E-state index contributed by atoms with van der Waals surface area (Å²) in [6.45, 7) is 11.6. The first kappa shape index (κ1) is 14.3. The smallest absolute Gasteiger partial charge is 0.0417 e. The van der Waals surface area contributed by atoms with Gasteiger partial charge >= 0.3 is 0 Å². The third-order valence-corrected chi connectivity index (χ3v) is 2.05. The lowest BCUT2D eigenvalue weighted by Crippen LogP contribution is -1.86. The van der Waals surface area contributed by atoms with Crippen LogP contribution in [0, 0.1) is 5.92 Å². The van der Waals surface area contributed by atoms with Gasteiger partial charge in [-0.2, -0.15) is 0 Å². The van der Waals surface area contributed by atoms with Gasteiger partial charge in [-0.05, 0) is 12.8 Å². The fraction of sp³-hybridized carbons (Fsp3) is 0.833. The predicted molar refractivity (Wildman–Crippen MR) is 59.5 cm³/mol. The highest BCUT2D eigenvalue weighted by Crippen LogP contribution is 2.26. The quantitative estimate of drug-likeness (QED) is 0.496. The molecule has 1 aliphatic rings. The molecule has 0 spiro atoms. The van der Waals surface area contributed by atoms with E-state index >= 15 is 0 Å². The van der Waals surface area contributed by atoms with Crippen molar-refractivity contribution in [3.63, 3.8) is 0 Å². The minimum Gasteiger partial charge on any atom is -0.103 e. The van der Waals surface area contributed by atoms with E-state index in [9.17, 15) is 0 Å². The molecule has 74 valence electrons. The molecule has 0 heteroatoms. The molecule has 0 atom stereocenters. The van der Waals surface area contributed by atoms with Crippen molar-refractivity contribution in [1.29, 1.82) is 0 Å². The number of allylic oxidation sites excluding steroid dienone is 1. The SMILES string of the molecule is C=CC.CC.CCC1CCCC1. The largest absolute Gasteiger partial charge is 0.103 e. The Morgan fingerprint density at radius 3 is 1.75 bits per heavy atom. The minimum absolute atomic E-state index is 1.10. The zero-order chi connectivity index (χ0) is 9.82. The average Bonchev–Trinajstić information content (AvgIpc) is 2.61. The first-order valence-electron chi connectivity index (χ1n) is 5.42. The second-order valence-corrected chi connectivity index (χ2v) is 2.97. The molecular formula is C12H26. The molecule has 0 amide bonds. The minimum atomic E-state index is 1.10. The number of hydrogen-bond donors (Lipinski definition) is 0. The molecule has 1 fully saturated rings. The van der Waals surface area contributed by atoms with Crippen LogP contribution in [0.5, 0.6) is 0 Å². The highest BCUT2D eigenvalue weighted by atomic mass is 14.2. The molecule has 0 aromatic rings. The molecule has 0 unspecified atom stereocenters.